The molecular weight excluding hydrogens is 352 g/mol. The van der Waals surface area contributed by atoms with Gasteiger partial charge in [-0.05, 0) is 61.0 Å². The van der Waals surface area contributed by atoms with Crippen LogP contribution < -0.4 is 19.8 Å². The molecule has 0 spiro atoms. The van der Waals surface area contributed by atoms with E-state index in [2.05, 4.69) is 5.48 Å². The Morgan fingerprint density at radius 1 is 0.778 bits per heavy atom. The van der Waals surface area contributed by atoms with Crippen molar-refractivity contribution in [3.63, 3.8) is 0 Å². The van der Waals surface area contributed by atoms with Crippen LogP contribution in [0.5, 0.6) is 17.2 Å². The van der Waals surface area contributed by atoms with Gasteiger partial charge < -0.3 is 14.3 Å². The fourth-order valence-electron chi connectivity index (χ4n) is 2.33. The molecule has 0 aromatic heterocycles. The van der Waals surface area contributed by atoms with E-state index in [1.165, 1.54) is 6.07 Å². The molecule has 0 unspecified atom stereocenters. The van der Waals surface area contributed by atoms with E-state index < -0.39 is 11.6 Å². The van der Waals surface area contributed by atoms with Crippen molar-refractivity contribution in [3.8, 4) is 17.2 Å². The minimum absolute atomic E-state index is 0.139. The molecule has 3 rings (SSSR count). The average molecular weight is 371 g/mol. The zero-order chi connectivity index (χ0) is 19.1. The average Bonchev–Trinajstić information content (AvgIpc) is 2.69. The van der Waals surface area contributed by atoms with Gasteiger partial charge in [0.15, 0.2) is 17.4 Å². The van der Waals surface area contributed by atoms with Gasteiger partial charge in [0.25, 0.3) is 0 Å². The van der Waals surface area contributed by atoms with Crippen molar-refractivity contribution in [2.24, 2.45) is 0 Å². The Hall–Kier alpha value is -3.28. The molecule has 0 aliphatic heterocycles. The summed E-state index contributed by atoms with van der Waals surface area (Å²) in [6.07, 6.45) is 0. The molecule has 0 fully saturated rings. The fraction of sp³-hybridized carbons (Fsp3) is 0.143. The van der Waals surface area contributed by atoms with Crippen LogP contribution in [0.3, 0.4) is 0 Å². The second-order valence-corrected chi connectivity index (χ2v) is 5.67. The summed E-state index contributed by atoms with van der Waals surface area (Å²) in [7, 11) is 0. The second kappa shape index (κ2) is 8.89. The zero-order valence-electron chi connectivity index (χ0n) is 14.7. The summed E-state index contributed by atoms with van der Waals surface area (Å²) in [6, 6.07) is 18.0. The third-order valence-corrected chi connectivity index (χ3v) is 3.65. The molecule has 1 N–H and O–H groups in total. The van der Waals surface area contributed by atoms with Crippen molar-refractivity contribution < 1.29 is 23.1 Å². The van der Waals surface area contributed by atoms with E-state index in [-0.39, 0.29) is 6.61 Å². The highest BCUT2D eigenvalue weighted by Crippen LogP contribution is 2.21. The summed E-state index contributed by atoms with van der Waals surface area (Å²) in [6.45, 7) is 2.66. The molecule has 0 amide bonds. The van der Waals surface area contributed by atoms with Crippen LogP contribution in [0.2, 0.25) is 0 Å². The van der Waals surface area contributed by atoms with Crippen LogP contribution in [-0.2, 0) is 6.61 Å². The van der Waals surface area contributed by atoms with E-state index in [9.17, 15) is 8.78 Å². The highest BCUT2D eigenvalue weighted by Gasteiger charge is 2.04. The van der Waals surface area contributed by atoms with E-state index in [1.807, 2.05) is 31.2 Å². The summed E-state index contributed by atoms with van der Waals surface area (Å²) in [5.74, 6) is 0.174. The van der Waals surface area contributed by atoms with Crippen LogP contribution in [0.15, 0.2) is 66.7 Å². The van der Waals surface area contributed by atoms with Crippen molar-refractivity contribution in [2.45, 2.75) is 13.5 Å². The van der Waals surface area contributed by atoms with Gasteiger partial charge >= 0.3 is 0 Å². The molecular formula is C21H19F2NO3. The molecule has 0 aliphatic carbocycles. The lowest BCUT2D eigenvalue weighted by Gasteiger charge is -2.11. The summed E-state index contributed by atoms with van der Waals surface area (Å²) in [5.41, 5.74) is 4.16. The van der Waals surface area contributed by atoms with Crippen LogP contribution >= 0.6 is 0 Å². The Kier molecular flexibility index (Phi) is 6.10. The van der Waals surface area contributed by atoms with Gasteiger partial charge in [-0.1, -0.05) is 12.1 Å². The molecule has 0 heterocycles. The molecule has 0 bridgehead atoms. The summed E-state index contributed by atoms with van der Waals surface area (Å²) in [5, 5.41) is 0. The normalized spacial score (nSPS) is 10.3. The number of benzene rings is 3. The molecule has 0 saturated heterocycles. The number of nitrogens with one attached hydrogen (secondary N) is 1. The van der Waals surface area contributed by atoms with Crippen molar-refractivity contribution in [1.29, 1.82) is 0 Å². The highest BCUT2D eigenvalue weighted by atomic mass is 19.2. The Labute approximate surface area is 156 Å². The van der Waals surface area contributed by atoms with Crippen LogP contribution in [0.1, 0.15) is 12.5 Å². The standard InChI is InChI=1S/C21H19F2NO3/c1-2-25-19-5-3-4-16(13-19)24-27-18-9-7-17(8-10-18)26-14-15-6-11-20(22)21(23)12-15/h3-13,24H,2,14H2,1H3. The van der Waals surface area contributed by atoms with Crippen LogP contribution in [0.25, 0.3) is 0 Å². The lowest BCUT2D eigenvalue weighted by atomic mass is 10.2. The van der Waals surface area contributed by atoms with Gasteiger partial charge in [0.2, 0.25) is 0 Å². The molecule has 27 heavy (non-hydrogen) atoms. The maximum atomic E-state index is 13.2. The predicted octanol–water partition coefficient (Wildman–Crippen LogP) is 5.35. The Bertz CT molecular complexity index is 885. The first-order valence-electron chi connectivity index (χ1n) is 8.46. The molecule has 6 heteroatoms. The summed E-state index contributed by atoms with van der Waals surface area (Å²) in [4.78, 5) is 5.52. The number of hydrogen-bond acceptors (Lipinski definition) is 4. The Balaban J connectivity index is 1.52. The molecule has 4 nitrogen and oxygen atoms in total. The number of anilines is 1. The minimum Gasteiger partial charge on any atom is -0.494 e. The van der Waals surface area contributed by atoms with Crippen molar-refractivity contribution >= 4 is 5.69 Å². The second-order valence-electron chi connectivity index (χ2n) is 5.67. The van der Waals surface area contributed by atoms with E-state index in [1.54, 1.807) is 24.3 Å². The smallest absolute Gasteiger partial charge is 0.159 e. The first-order valence-corrected chi connectivity index (χ1v) is 8.46. The Morgan fingerprint density at radius 3 is 2.30 bits per heavy atom. The monoisotopic (exact) mass is 371 g/mol. The first-order chi connectivity index (χ1) is 13.1. The number of hydrogen-bond donors (Lipinski definition) is 1. The van der Waals surface area contributed by atoms with Crippen LogP contribution in [0.4, 0.5) is 14.5 Å². The molecule has 0 radical (unpaired) electrons. The van der Waals surface area contributed by atoms with E-state index in [0.717, 1.165) is 23.6 Å². The van der Waals surface area contributed by atoms with Gasteiger partial charge in [0.1, 0.15) is 18.1 Å². The molecule has 0 atom stereocenters. The highest BCUT2D eigenvalue weighted by molar-refractivity contribution is 5.47. The lowest BCUT2D eigenvalue weighted by molar-refractivity contribution is 0.304. The van der Waals surface area contributed by atoms with Gasteiger partial charge in [-0.2, -0.15) is 0 Å². The van der Waals surface area contributed by atoms with Gasteiger partial charge in [-0.25, -0.2) is 14.3 Å². The van der Waals surface area contributed by atoms with E-state index in [0.29, 0.717) is 23.7 Å². The van der Waals surface area contributed by atoms with Crippen molar-refractivity contribution in [1.82, 2.24) is 0 Å². The summed E-state index contributed by atoms with van der Waals surface area (Å²) >= 11 is 0. The largest absolute Gasteiger partial charge is 0.494 e. The van der Waals surface area contributed by atoms with Crippen LogP contribution in [0, 0.1) is 11.6 Å². The minimum atomic E-state index is -0.890. The first kappa shape index (κ1) is 18.5. The predicted molar refractivity (Wildman–Crippen MR) is 99.0 cm³/mol. The number of halogens is 2. The van der Waals surface area contributed by atoms with Crippen LogP contribution in [-0.4, -0.2) is 6.61 Å². The van der Waals surface area contributed by atoms with Gasteiger partial charge in [-0.3, -0.25) is 0 Å². The third-order valence-electron chi connectivity index (χ3n) is 3.65. The quantitative estimate of drug-likeness (QED) is 0.542. The van der Waals surface area contributed by atoms with Gasteiger partial charge in [-0.15, -0.1) is 0 Å². The maximum absolute atomic E-state index is 13.2. The van der Waals surface area contributed by atoms with Gasteiger partial charge in [0.05, 0.1) is 12.3 Å². The molecule has 0 saturated carbocycles. The number of ether oxygens (including phenoxy) is 2. The fourth-order valence-corrected chi connectivity index (χ4v) is 2.33. The zero-order valence-corrected chi connectivity index (χ0v) is 14.7. The van der Waals surface area contributed by atoms with Crippen molar-refractivity contribution in [3.05, 3.63) is 83.9 Å². The van der Waals surface area contributed by atoms with Crippen molar-refractivity contribution in [2.75, 3.05) is 12.1 Å². The molecule has 140 valence electrons. The maximum Gasteiger partial charge on any atom is 0.159 e. The van der Waals surface area contributed by atoms with E-state index in [4.69, 9.17) is 14.3 Å². The van der Waals surface area contributed by atoms with E-state index >= 15 is 0 Å². The molecule has 0 aliphatic rings. The lowest BCUT2D eigenvalue weighted by Crippen LogP contribution is -2.05. The molecule has 3 aromatic rings. The Morgan fingerprint density at radius 2 is 1.56 bits per heavy atom. The SMILES string of the molecule is CCOc1cccc(NOc2ccc(OCc3ccc(F)c(F)c3)cc2)c1. The molecule has 3 aromatic carbocycles. The topological polar surface area (TPSA) is 39.7 Å². The third kappa shape index (κ3) is 5.34. The van der Waals surface area contributed by atoms with Gasteiger partial charge in [0, 0.05) is 6.07 Å². The summed E-state index contributed by atoms with van der Waals surface area (Å²) < 4.78 is 37.1. The number of rotatable bonds is 8.